The van der Waals surface area contributed by atoms with Crippen molar-refractivity contribution >= 4 is 0 Å². The van der Waals surface area contributed by atoms with Crippen molar-refractivity contribution in [2.75, 3.05) is 33.4 Å². The molecule has 3 nitrogen and oxygen atoms in total. The quantitative estimate of drug-likeness (QED) is 0.706. The normalized spacial score (nSPS) is 22.9. The lowest BCUT2D eigenvalue weighted by Crippen LogP contribution is -2.48. The SMILES string of the molecule is CCCN(CC1CCCCN1)C(CC)COC. The lowest BCUT2D eigenvalue weighted by molar-refractivity contribution is 0.0778. The van der Waals surface area contributed by atoms with Crippen LogP contribution in [0.4, 0.5) is 0 Å². The van der Waals surface area contributed by atoms with Crippen LogP contribution in [0.15, 0.2) is 0 Å². The van der Waals surface area contributed by atoms with Crippen molar-refractivity contribution in [1.29, 1.82) is 0 Å². The van der Waals surface area contributed by atoms with Crippen LogP contribution in [0.5, 0.6) is 0 Å². The van der Waals surface area contributed by atoms with E-state index in [1.807, 2.05) is 7.11 Å². The first-order chi connectivity index (χ1) is 8.31. The topological polar surface area (TPSA) is 24.5 Å². The van der Waals surface area contributed by atoms with Gasteiger partial charge in [-0.15, -0.1) is 0 Å². The van der Waals surface area contributed by atoms with E-state index in [9.17, 15) is 0 Å². The summed E-state index contributed by atoms with van der Waals surface area (Å²) in [5.74, 6) is 0. The Morgan fingerprint density at radius 1 is 1.35 bits per heavy atom. The van der Waals surface area contributed by atoms with Gasteiger partial charge in [-0.3, -0.25) is 4.90 Å². The van der Waals surface area contributed by atoms with Crippen molar-refractivity contribution in [3.63, 3.8) is 0 Å². The van der Waals surface area contributed by atoms with Crippen LogP contribution in [0, 0.1) is 0 Å². The van der Waals surface area contributed by atoms with Gasteiger partial charge in [0.1, 0.15) is 0 Å². The van der Waals surface area contributed by atoms with Crippen molar-refractivity contribution in [3.8, 4) is 0 Å². The zero-order valence-electron chi connectivity index (χ0n) is 11.9. The summed E-state index contributed by atoms with van der Waals surface area (Å²) in [7, 11) is 1.81. The molecule has 1 fully saturated rings. The van der Waals surface area contributed by atoms with Gasteiger partial charge in [0.2, 0.25) is 0 Å². The highest BCUT2D eigenvalue weighted by Crippen LogP contribution is 2.12. The first-order valence-electron chi connectivity index (χ1n) is 7.28. The number of nitrogens with zero attached hydrogens (tertiary/aromatic N) is 1. The van der Waals surface area contributed by atoms with E-state index >= 15 is 0 Å². The number of hydrogen-bond donors (Lipinski definition) is 1. The van der Waals surface area contributed by atoms with Gasteiger partial charge in [-0.25, -0.2) is 0 Å². The lowest BCUT2D eigenvalue weighted by Gasteiger charge is -2.35. The number of ether oxygens (including phenoxy) is 1. The van der Waals surface area contributed by atoms with Crippen molar-refractivity contribution in [2.24, 2.45) is 0 Å². The molecule has 1 N–H and O–H groups in total. The monoisotopic (exact) mass is 242 g/mol. The van der Waals surface area contributed by atoms with Crippen LogP contribution in [-0.4, -0.2) is 50.3 Å². The maximum atomic E-state index is 5.35. The molecule has 0 aromatic rings. The average Bonchev–Trinajstić information content (AvgIpc) is 2.37. The van der Waals surface area contributed by atoms with E-state index in [2.05, 4.69) is 24.1 Å². The fourth-order valence-corrected chi connectivity index (χ4v) is 2.75. The molecule has 0 aliphatic carbocycles. The van der Waals surface area contributed by atoms with E-state index in [4.69, 9.17) is 4.74 Å². The molecular weight excluding hydrogens is 212 g/mol. The van der Waals surface area contributed by atoms with Crippen molar-refractivity contribution < 1.29 is 4.74 Å². The molecule has 0 radical (unpaired) electrons. The summed E-state index contributed by atoms with van der Waals surface area (Å²) in [4.78, 5) is 2.62. The third-order valence-corrected chi connectivity index (χ3v) is 3.72. The minimum Gasteiger partial charge on any atom is -0.383 e. The molecule has 0 saturated carbocycles. The number of methoxy groups -OCH3 is 1. The average molecular weight is 242 g/mol. The van der Waals surface area contributed by atoms with Crippen LogP contribution < -0.4 is 5.32 Å². The van der Waals surface area contributed by atoms with Gasteiger partial charge in [0.15, 0.2) is 0 Å². The van der Waals surface area contributed by atoms with Gasteiger partial charge in [0, 0.05) is 25.7 Å². The van der Waals surface area contributed by atoms with E-state index in [0.717, 1.165) is 6.61 Å². The summed E-state index contributed by atoms with van der Waals surface area (Å²) >= 11 is 0. The number of nitrogens with one attached hydrogen (secondary N) is 1. The smallest absolute Gasteiger partial charge is 0.0617 e. The third-order valence-electron chi connectivity index (χ3n) is 3.72. The Bertz CT molecular complexity index is 181. The Hall–Kier alpha value is -0.120. The second kappa shape index (κ2) is 8.90. The molecule has 1 saturated heterocycles. The Morgan fingerprint density at radius 3 is 2.71 bits per heavy atom. The molecule has 1 aliphatic heterocycles. The van der Waals surface area contributed by atoms with Gasteiger partial charge in [-0.2, -0.15) is 0 Å². The van der Waals surface area contributed by atoms with Crippen molar-refractivity contribution in [2.45, 2.75) is 58.0 Å². The summed E-state index contributed by atoms with van der Waals surface area (Å²) in [6, 6.07) is 1.28. The molecule has 102 valence electrons. The highest BCUT2D eigenvalue weighted by atomic mass is 16.5. The zero-order chi connectivity index (χ0) is 12.5. The van der Waals surface area contributed by atoms with Crippen LogP contribution in [0.2, 0.25) is 0 Å². The van der Waals surface area contributed by atoms with Gasteiger partial charge >= 0.3 is 0 Å². The fraction of sp³-hybridized carbons (Fsp3) is 1.00. The molecule has 0 spiro atoms. The first kappa shape index (κ1) is 14.9. The first-order valence-corrected chi connectivity index (χ1v) is 7.28. The molecule has 3 heteroatoms. The van der Waals surface area contributed by atoms with Gasteiger partial charge in [0.05, 0.1) is 6.61 Å². The van der Waals surface area contributed by atoms with Crippen molar-refractivity contribution in [3.05, 3.63) is 0 Å². The molecule has 0 aromatic heterocycles. The molecule has 17 heavy (non-hydrogen) atoms. The van der Waals surface area contributed by atoms with E-state index < -0.39 is 0 Å². The Kier molecular flexibility index (Phi) is 7.82. The molecule has 0 bridgehead atoms. The van der Waals surface area contributed by atoms with Crippen LogP contribution in [0.25, 0.3) is 0 Å². The van der Waals surface area contributed by atoms with Crippen LogP contribution >= 0.6 is 0 Å². The van der Waals surface area contributed by atoms with E-state index in [0.29, 0.717) is 12.1 Å². The largest absolute Gasteiger partial charge is 0.383 e. The van der Waals surface area contributed by atoms with Crippen LogP contribution in [0.3, 0.4) is 0 Å². The second-order valence-electron chi connectivity index (χ2n) is 5.16. The molecule has 1 rings (SSSR count). The summed E-state index contributed by atoms with van der Waals surface area (Å²) in [5, 5.41) is 3.65. The minimum absolute atomic E-state index is 0.587. The minimum atomic E-state index is 0.587. The van der Waals surface area contributed by atoms with E-state index in [1.165, 1.54) is 51.7 Å². The molecular formula is C14H30N2O. The Morgan fingerprint density at radius 2 is 2.18 bits per heavy atom. The number of piperidine rings is 1. The Labute approximate surface area is 107 Å². The molecule has 1 heterocycles. The third kappa shape index (κ3) is 5.36. The fourth-order valence-electron chi connectivity index (χ4n) is 2.75. The van der Waals surface area contributed by atoms with Gasteiger partial charge < -0.3 is 10.1 Å². The highest BCUT2D eigenvalue weighted by Gasteiger charge is 2.21. The number of hydrogen-bond acceptors (Lipinski definition) is 3. The molecule has 0 aromatic carbocycles. The van der Waals surface area contributed by atoms with Crippen LogP contribution in [0.1, 0.15) is 46.0 Å². The van der Waals surface area contributed by atoms with Gasteiger partial charge in [-0.05, 0) is 38.8 Å². The summed E-state index contributed by atoms with van der Waals surface area (Å²) in [6.07, 6.45) is 6.48. The molecule has 1 aliphatic rings. The molecule has 2 atom stereocenters. The van der Waals surface area contributed by atoms with Gasteiger partial charge in [0.25, 0.3) is 0 Å². The maximum absolute atomic E-state index is 5.35. The highest BCUT2D eigenvalue weighted by molar-refractivity contribution is 4.79. The lowest BCUT2D eigenvalue weighted by atomic mass is 10.0. The molecule has 2 unspecified atom stereocenters. The van der Waals surface area contributed by atoms with E-state index in [1.54, 1.807) is 0 Å². The summed E-state index contributed by atoms with van der Waals surface area (Å²) in [5.41, 5.74) is 0. The van der Waals surface area contributed by atoms with Gasteiger partial charge in [-0.1, -0.05) is 20.3 Å². The summed E-state index contributed by atoms with van der Waals surface area (Å²) < 4.78 is 5.35. The number of rotatable bonds is 8. The zero-order valence-corrected chi connectivity index (χ0v) is 11.9. The molecule has 0 amide bonds. The Balaban J connectivity index is 2.44. The van der Waals surface area contributed by atoms with Crippen LogP contribution in [-0.2, 0) is 4.74 Å². The summed E-state index contributed by atoms with van der Waals surface area (Å²) in [6.45, 7) is 8.98. The van der Waals surface area contributed by atoms with E-state index in [-0.39, 0.29) is 0 Å². The maximum Gasteiger partial charge on any atom is 0.0617 e. The second-order valence-corrected chi connectivity index (χ2v) is 5.16. The predicted octanol–water partition coefficient (Wildman–Crippen LogP) is 2.27. The predicted molar refractivity (Wildman–Crippen MR) is 73.5 cm³/mol. The van der Waals surface area contributed by atoms with Crippen molar-refractivity contribution in [1.82, 2.24) is 10.2 Å². The standard InChI is InChI=1S/C14H30N2O/c1-4-10-16(14(5-2)12-17-3)11-13-8-6-7-9-15-13/h13-15H,4-12H2,1-3H3.